The third kappa shape index (κ3) is 2.45. The zero-order valence-electron chi connectivity index (χ0n) is 9.50. The van der Waals surface area contributed by atoms with Gasteiger partial charge in [0.25, 0.3) is 0 Å². The summed E-state index contributed by atoms with van der Waals surface area (Å²) in [6.07, 6.45) is 4.52. The zero-order chi connectivity index (χ0) is 11.2. The van der Waals surface area contributed by atoms with E-state index in [0.29, 0.717) is 0 Å². The summed E-state index contributed by atoms with van der Waals surface area (Å²) in [4.78, 5) is 0. The number of nitrogens with zero attached hydrogens (tertiary/aromatic N) is 4. The van der Waals surface area contributed by atoms with Gasteiger partial charge in [-0.2, -0.15) is 4.68 Å². The van der Waals surface area contributed by atoms with Crippen molar-refractivity contribution in [2.45, 2.75) is 32.6 Å². The molecule has 2 aromatic rings. The number of aromatic nitrogens is 4. The number of hydrogen-bond acceptors (Lipinski definition) is 3. The summed E-state index contributed by atoms with van der Waals surface area (Å²) < 4.78 is 1.82. The van der Waals surface area contributed by atoms with Gasteiger partial charge in [0.15, 0.2) is 5.82 Å². The van der Waals surface area contributed by atoms with E-state index >= 15 is 0 Å². The van der Waals surface area contributed by atoms with Crippen LogP contribution in [-0.2, 0) is 6.42 Å². The number of hydrogen-bond donors (Lipinski definition) is 0. The summed E-state index contributed by atoms with van der Waals surface area (Å²) in [6, 6.07) is 10.0. The first-order chi connectivity index (χ1) is 7.92. The molecular formula is C12H16N4. The normalized spacial score (nSPS) is 10.6. The Bertz CT molecular complexity index is 422. The SMILES string of the molecule is CCCCCc1nnnn1-c1ccccc1. The highest BCUT2D eigenvalue weighted by Gasteiger charge is 2.06. The Morgan fingerprint density at radius 3 is 2.69 bits per heavy atom. The fourth-order valence-electron chi connectivity index (χ4n) is 1.66. The summed E-state index contributed by atoms with van der Waals surface area (Å²) in [5.74, 6) is 0.944. The maximum Gasteiger partial charge on any atom is 0.156 e. The van der Waals surface area contributed by atoms with Crippen molar-refractivity contribution in [1.29, 1.82) is 0 Å². The Morgan fingerprint density at radius 1 is 1.12 bits per heavy atom. The Hall–Kier alpha value is -1.71. The Morgan fingerprint density at radius 2 is 1.94 bits per heavy atom. The van der Waals surface area contributed by atoms with E-state index in [1.54, 1.807) is 0 Å². The predicted octanol–water partition coefficient (Wildman–Crippen LogP) is 2.40. The van der Waals surface area contributed by atoms with Gasteiger partial charge in [0.2, 0.25) is 0 Å². The number of tetrazole rings is 1. The highest BCUT2D eigenvalue weighted by Crippen LogP contribution is 2.09. The largest absolute Gasteiger partial charge is 0.197 e. The molecule has 1 aromatic carbocycles. The lowest BCUT2D eigenvalue weighted by Crippen LogP contribution is -2.03. The zero-order valence-corrected chi connectivity index (χ0v) is 9.50. The van der Waals surface area contributed by atoms with Crippen LogP contribution in [0.3, 0.4) is 0 Å². The van der Waals surface area contributed by atoms with E-state index in [1.165, 1.54) is 12.8 Å². The van der Waals surface area contributed by atoms with Gasteiger partial charge >= 0.3 is 0 Å². The Kier molecular flexibility index (Phi) is 3.64. The van der Waals surface area contributed by atoms with E-state index in [9.17, 15) is 0 Å². The summed E-state index contributed by atoms with van der Waals surface area (Å²) in [6.45, 7) is 2.19. The molecule has 0 radical (unpaired) electrons. The van der Waals surface area contributed by atoms with E-state index in [2.05, 4.69) is 22.4 Å². The second-order valence-electron chi connectivity index (χ2n) is 3.80. The standard InChI is InChI=1S/C12H16N4/c1-2-3-5-10-12-13-14-15-16(12)11-8-6-4-7-9-11/h4,6-9H,2-3,5,10H2,1H3. The van der Waals surface area contributed by atoms with E-state index in [0.717, 1.165) is 24.4 Å². The summed E-state index contributed by atoms with van der Waals surface area (Å²) in [5, 5.41) is 11.8. The fraction of sp³-hybridized carbons (Fsp3) is 0.417. The van der Waals surface area contributed by atoms with Crippen LogP contribution in [-0.4, -0.2) is 20.2 Å². The molecule has 16 heavy (non-hydrogen) atoms. The topological polar surface area (TPSA) is 43.6 Å². The predicted molar refractivity (Wildman–Crippen MR) is 62.4 cm³/mol. The first kappa shape index (κ1) is 10.8. The maximum atomic E-state index is 4.07. The van der Waals surface area contributed by atoms with Gasteiger partial charge in [-0.3, -0.25) is 0 Å². The minimum atomic E-state index is 0.940. The van der Waals surface area contributed by atoms with Crippen LogP contribution in [0.25, 0.3) is 5.69 Å². The number of benzene rings is 1. The highest BCUT2D eigenvalue weighted by atomic mass is 15.5. The maximum absolute atomic E-state index is 4.07. The molecule has 0 spiro atoms. The van der Waals surface area contributed by atoms with Gasteiger partial charge in [-0.1, -0.05) is 38.0 Å². The lowest BCUT2D eigenvalue weighted by molar-refractivity contribution is 0.673. The van der Waals surface area contributed by atoms with Gasteiger partial charge in [-0.05, 0) is 29.0 Å². The molecule has 0 saturated heterocycles. The molecule has 2 rings (SSSR count). The van der Waals surface area contributed by atoms with Crippen molar-refractivity contribution in [2.24, 2.45) is 0 Å². The Balaban J connectivity index is 2.13. The monoisotopic (exact) mass is 216 g/mol. The van der Waals surface area contributed by atoms with E-state index in [4.69, 9.17) is 0 Å². The number of rotatable bonds is 5. The van der Waals surface area contributed by atoms with E-state index in [1.807, 2.05) is 35.0 Å². The molecule has 0 bridgehead atoms. The number of para-hydroxylation sites is 1. The van der Waals surface area contributed by atoms with Gasteiger partial charge in [-0.15, -0.1) is 5.10 Å². The minimum absolute atomic E-state index is 0.940. The van der Waals surface area contributed by atoms with Gasteiger partial charge in [0, 0.05) is 6.42 Å². The molecular weight excluding hydrogens is 200 g/mol. The second kappa shape index (κ2) is 5.39. The van der Waals surface area contributed by atoms with Crippen molar-refractivity contribution in [3.05, 3.63) is 36.2 Å². The van der Waals surface area contributed by atoms with Gasteiger partial charge in [0.1, 0.15) is 0 Å². The molecule has 0 N–H and O–H groups in total. The van der Waals surface area contributed by atoms with Crippen LogP contribution in [0.4, 0.5) is 0 Å². The Labute approximate surface area is 95.3 Å². The first-order valence-electron chi connectivity index (χ1n) is 5.74. The third-order valence-electron chi connectivity index (χ3n) is 2.54. The molecule has 0 fully saturated rings. The molecule has 0 aliphatic carbocycles. The van der Waals surface area contributed by atoms with Crippen molar-refractivity contribution in [3.8, 4) is 5.69 Å². The molecule has 0 atom stereocenters. The molecule has 0 aliphatic rings. The molecule has 0 unspecified atom stereocenters. The van der Waals surface area contributed by atoms with Gasteiger partial charge < -0.3 is 0 Å². The van der Waals surface area contributed by atoms with Crippen LogP contribution in [0.5, 0.6) is 0 Å². The second-order valence-corrected chi connectivity index (χ2v) is 3.80. The minimum Gasteiger partial charge on any atom is -0.197 e. The molecule has 0 aliphatic heterocycles. The lowest BCUT2D eigenvalue weighted by atomic mass is 10.2. The molecule has 0 amide bonds. The molecule has 1 heterocycles. The van der Waals surface area contributed by atoms with Crippen LogP contribution < -0.4 is 0 Å². The van der Waals surface area contributed by atoms with Crippen molar-refractivity contribution >= 4 is 0 Å². The van der Waals surface area contributed by atoms with Crippen molar-refractivity contribution in [3.63, 3.8) is 0 Å². The van der Waals surface area contributed by atoms with Crippen molar-refractivity contribution in [2.75, 3.05) is 0 Å². The molecule has 1 aromatic heterocycles. The summed E-state index contributed by atoms with van der Waals surface area (Å²) >= 11 is 0. The van der Waals surface area contributed by atoms with Crippen LogP contribution in [0.1, 0.15) is 32.0 Å². The molecule has 0 saturated carbocycles. The van der Waals surface area contributed by atoms with Crippen LogP contribution in [0, 0.1) is 0 Å². The van der Waals surface area contributed by atoms with Crippen molar-refractivity contribution < 1.29 is 0 Å². The lowest BCUT2D eigenvalue weighted by Gasteiger charge is -2.03. The fourth-order valence-corrected chi connectivity index (χ4v) is 1.66. The van der Waals surface area contributed by atoms with Crippen LogP contribution in [0.2, 0.25) is 0 Å². The quantitative estimate of drug-likeness (QED) is 0.721. The molecule has 84 valence electrons. The summed E-state index contributed by atoms with van der Waals surface area (Å²) in [5.41, 5.74) is 1.03. The van der Waals surface area contributed by atoms with Crippen LogP contribution >= 0.6 is 0 Å². The van der Waals surface area contributed by atoms with E-state index in [-0.39, 0.29) is 0 Å². The number of unbranched alkanes of at least 4 members (excludes halogenated alkanes) is 2. The van der Waals surface area contributed by atoms with Crippen molar-refractivity contribution in [1.82, 2.24) is 20.2 Å². The average molecular weight is 216 g/mol. The van der Waals surface area contributed by atoms with E-state index < -0.39 is 0 Å². The summed E-state index contributed by atoms with van der Waals surface area (Å²) in [7, 11) is 0. The average Bonchev–Trinajstić information content (AvgIpc) is 2.79. The molecule has 4 nitrogen and oxygen atoms in total. The number of aryl methyl sites for hydroxylation is 1. The van der Waals surface area contributed by atoms with Gasteiger partial charge in [-0.25, -0.2) is 0 Å². The third-order valence-corrected chi connectivity index (χ3v) is 2.54. The van der Waals surface area contributed by atoms with Crippen LogP contribution in [0.15, 0.2) is 30.3 Å². The highest BCUT2D eigenvalue weighted by molar-refractivity contribution is 5.30. The molecule has 4 heteroatoms. The van der Waals surface area contributed by atoms with Gasteiger partial charge in [0.05, 0.1) is 5.69 Å². The smallest absolute Gasteiger partial charge is 0.156 e. The first-order valence-corrected chi connectivity index (χ1v) is 5.74.